The highest BCUT2D eigenvalue weighted by Crippen LogP contribution is 2.27. The van der Waals surface area contributed by atoms with E-state index in [0.717, 1.165) is 16.8 Å². The second-order valence-corrected chi connectivity index (χ2v) is 12.9. The summed E-state index contributed by atoms with van der Waals surface area (Å²) in [5.41, 5.74) is 1.57. The highest BCUT2D eigenvalue weighted by Gasteiger charge is 2.27. The average molecular weight is 632 g/mol. The molecule has 12 nitrogen and oxygen atoms in total. The summed E-state index contributed by atoms with van der Waals surface area (Å²) in [5.74, 6) is -0.405. The van der Waals surface area contributed by atoms with E-state index in [1.807, 2.05) is 66.0 Å². The Balaban J connectivity index is 1.60. The summed E-state index contributed by atoms with van der Waals surface area (Å²) < 4.78 is 38.7. The van der Waals surface area contributed by atoms with Gasteiger partial charge in [-0.1, -0.05) is 60.7 Å². The minimum atomic E-state index is -4.14. The lowest BCUT2D eigenvalue weighted by molar-refractivity contribution is -0.120. The Bertz CT molecular complexity index is 1460. The van der Waals surface area contributed by atoms with Crippen LogP contribution >= 0.6 is 11.3 Å². The molecule has 0 unspecified atom stereocenters. The van der Waals surface area contributed by atoms with Crippen LogP contribution in [0.1, 0.15) is 45.6 Å². The van der Waals surface area contributed by atoms with Crippen molar-refractivity contribution < 1.29 is 32.3 Å². The number of unbranched alkanes of at least 4 members (excludes halogenated alkanes) is 1. The van der Waals surface area contributed by atoms with Crippen LogP contribution in [0.15, 0.2) is 66.0 Å². The van der Waals surface area contributed by atoms with Crippen LogP contribution in [0, 0.1) is 0 Å². The number of carbonyl (C=O) groups is 3. The van der Waals surface area contributed by atoms with Crippen molar-refractivity contribution in [3.05, 3.63) is 71.6 Å². The fraction of sp³-hybridized carbons (Fsp3) is 0.379. The molecule has 0 saturated heterocycles. The van der Waals surface area contributed by atoms with Crippen molar-refractivity contribution in [2.45, 2.75) is 58.3 Å². The number of nitrogens with one attached hydrogen (secondary N) is 3. The summed E-state index contributed by atoms with van der Waals surface area (Å²) >= 11 is 1.30. The molecule has 3 rings (SSSR count). The molecule has 0 aliphatic rings. The van der Waals surface area contributed by atoms with Crippen LogP contribution in [0.3, 0.4) is 0 Å². The lowest BCUT2D eigenvalue weighted by Gasteiger charge is -2.23. The average Bonchev–Trinajstić information content (AvgIpc) is 3.44. The molecule has 3 aromatic rings. The fourth-order valence-electron chi connectivity index (χ4n) is 3.78. The fourth-order valence-corrected chi connectivity index (χ4v) is 5.33. The van der Waals surface area contributed by atoms with E-state index in [1.165, 1.54) is 16.2 Å². The molecule has 43 heavy (non-hydrogen) atoms. The topological polar surface area (TPSA) is 156 Å². The van der Waals surface area contributed by atoms with Gasteiger partial charge < -0.3 is 14.8 Å². The lowest BCUT2D eigenvalue weighted by Crippen LogP contribution is -2.47. The molecule has 0 fully saturated rings. The third-order valence-electron chi connectivity index (χ3n) is 5.81. The number of amides is 3. The first-order valence-electron chi connectivity index (χ1n) is 13.6. The summed E-state index contributed by atoms with van der Waals surface area (Å²) in [6.45, 7) is 4.86. The maximum absolute atomic E-state index is 13.5. The first-order valence-corrected chi connectivity index (χ1v) is 16.0. The van der Waals surface area contributed by atoms with Gasteiger partial charge in [0.2, 0.25) is 0 Å². The highest BCUT2D eigenvalue weighted by atomic mass is 32.2. The third kappa shape index (κ3) is 11.7. The van der Waals surface area contributed by atoms with Crippen molar-refractivity contribution in [1.29, 1.82) is 0 Å². The normalized spacial score (nSPS) is 12.2. The van der Waals surface area contributed by atoms with Crippen LogP contribution in [0.5, 0.6) is 0 Å². The van der Waals surface area contributed by atoms with E-state index >= 15 is 0 Å². The second kappa shape index (κ2) is 15.5. The SMILES string of the molecule is CN(C(=O)[C@H](CCCCNS(=O)(=O)NC(=O)OC(C)(C)C)NC(=O)OCc1ccccc1)c1nc(-c2ccccc2)cs1. The Kier molecular flexibility index (Phi) is 12.0. The molecule has 1 aromatic heterocycles. The molecule has 232 valence electrons. The number of hydrogen-bond donors (Lipinski definition) is 3. The predicted molar refractivity (Wildman–Crippen MR) is 165 cm³/mol. The molecule has 2 aromatic carbocycles. The number of carbonyl (C=O) groups excluding carboxylic acids is 3. The minimum absolute atomic E-state index is 0.0136. The van der Waals surface area contributed by atoms with E-state index in [-0.39, 0.29) is 19.6 Å². The smallest absolute Gasteiger partial charge is 0.422 e. The van der Waals surface area contributed by atoms with Crippen molar-refractivity contribution in [2.75, 3.05) is 18.5 Å². The van der Waals surface area contributed by atoms with E-state index in [0.29, 0.717) is 18.0 Å². The maximum atomic E-state index is 13.5. The van der Waals surface area contributed by atoms with Gasteiger partial charge in [0, 0.05) is 24.5 Å². The van der Waals surface area contributed by atoms with Crippen LogP contribution in [0.25, 0.3) is 11.3 Å². The molecule has 3 N–H and O–H groups in total. The monoisotopic (exact) mass is 631 g/mol. The number of benzene rings is 2. The van der Waals surface area contributed by atoms with E-state index in [9.17, 15) is 22.8 Å². The van der Waals surface area contributed by atoms with Gasteiger partial charge in [0.05, 0.1) is 5.69 Å². The number of anilines is 1. The molecule has 14 heteroatoms. The first kappa shape index (κ1) is 33.5. The van der Waals surface area contributed by atoms with Gasteiger partial charge in [0.15, 0.2) is 5.13 Å². The molecule has 0 aliphatic heterocycles. The molecular weight excluding hydrogens is 594 g/mol. The van der Waals surface area contributed by atoms with Gasteiger partial charge in [0.25, 0.3) is 5.91 Å². The maximum Gasteiger partial charge on any atom is 0.422 e. The summed E-state index contributed by atoms with van der Waals surface area (Å²) in [6, 6.07) is 17.7. The number of nitrogens with zero attached hydrogens (tertiary/aromatic N) is 2. The Hall–Kier alpha value is -4.01. The van der Waals surface area contributed by atoms with Crippen LogP contribution in [0.4, 0.5) is 14.7 Å². The second-order valence-electron chi connectivity index (χ2n) is 10.5. The van der Waals surface area contributed by atoms with Gasteiger partial charge in [-0.3, -0.25) is 9.69 Å². The molecule has 0 bridgehead atoms. The summed E-state index contributed by atoms with van der Waals surface area (Å²) in [4.78, 5) is 43.9. The van der Waals surface area contributed by atoms with E-state index in [4.69, 9.17) is 9.47 Å². The molecule has 0 aliphatic carbocycles. The standard InChI is InChI=1S/C29H37N5O7S2/c1-29(2,3)41-28(37)33-43(38,39)30-18-12-11-17-23(32-27(36)40-19-21-13-7-5-8-14-21)25(35)34(4)26-31-24(20-42-26)22-15-9-6-10-16-22/h5-10,13-16,20,23,30H,11-12,17-19H2,1-4H3,(H,32,36)(H,33,37)/t23-/m0/s1. The van der Waals surface area contributed by atoms with E-state index in [1.54, 1.807) is 32.5 Å². The van der Waals surface area contributed by atoms with Crippen LogP contribution < -0.4 is 19.7 Å². The largest absolute Gasteiger partial charge is 0.445 e. The van der Waals surface area contributed by atoms with Gasteiger partial charge >= 0.3 is 22.4 Å². The molecule has 1 atom stereocenters. The van der Waals surface area contributed by atoms with Crippen LogP contribution in [0.2, 0.25) is 0 Å². The van der Waals surface area contributed by atoms with Gasteiger partial charge in [-0.25, -0.2) is 19.3 Å². The van der Waals surface area contributed by atoms with Crippen molar-refractivity contribution in [3.8, 4) is 11.3 Å². The molecule has 0 spiro atoms. The number of likely N-dealkylation sites (N-methyl/N-ethyl adjacent to an activating group) is 1. The van der Waals surface area contributed by atoms with E-state index < -0.39 is 39.9 Å². The number of ether oxygens (including phenoxy) is 2. The summed E-state index contributed by atoms with van der Waals surface area (Å²) in [5, 5.41) is 4.95. The zero-order valence-corrected chi connectivity index (χ0v) is 26.2. The Labute approximate surface area is 256 Å². The van der Waals surface area contributed by atoms with E-state index in [2.05, 4.69) is 15.0 Å². The highest BCUT2D eigenvalue weighted by molar-refractivity contribution is 7.88. The van der Waals surface area contributed by atoms with Gasteiger partial charge in [0.1, 0.15) is 18.2 Å². The lowest BCUT2D eigenvalue weighted by atomic mass is 10.1. The van der Waals surface area contributed by atoms with Gasteiger partial charge in [-0.15, -0.1) is 11.3 Å². The number of thiazole rings is 1. The Morgan fingerprint density at radius 3 is 2.28 bits per heavy atom. The Morgan fingerprint density at radius 2 is 1.63 bits per heavy atom. The van der Waals surface area contributed by atoms with Crippen molar-refractivity contribution in [1.82, 2.24) is 19.7 Å². The molecular formula is C29H37N5O7S2. The van der Waals surface area contributed by atoms with Gasteiger partial charge in [-0.2, -0.15) is 13.1 Å². The third-order valence-corrected chi connectivity index (χ3v) is 7.75. The van der Waals surface area contributed by atoms with Crippen molar-refractivity contribution in [2.24, 2.45) is 0 Å². The first-order chi connectivity index (χ1) is 20.3. The number of alkyl carbamates (subject to hydrolysis) is 1. The molecule has 0 saturated carbocycles. The minimum Gasteiger partial charge on any atom is -0.445 e. The zero-order valence-electron chi connectivity index (χ0n) is 24.5. The summed E-state index contributed by atoms with van der Waals surface area (Å²) in [6.07, 6.45) is -0.974. The number of hydrogen-bond acceptors (Lipinski definition) is 9. The number of aromatic nitrogens is 1. The molecule has 3 amide bonds. The Morgan fingerprint density at radius 1 is 0.977 bits per heavy atom. The van der Waals surface area contributed by atoms with Crippen LogP contribution in [-0.2, 0) is 31.1 Å². The molecule has 1 heterocycles. The van der Waals surface area contributed by atoms with Gasteiger partial charge in [-0.05, 0) is 45.6 Å². The number of rotatable bonds is 13. The molecule has 0 radical (unpaired) electrons. The van der Waals surface area contributed by atoms with Crippen LogP contribution in [-0.4, -0.2) is 56.7 Å². The van der Waals surface area contributed by atoms with Crippen molar-refractivity contribution in [3.63, 3.8) is 0 Å². The zero-order chi connectivity index (χ0) is 31.5. The van der Waals surface area contributed by atoms with Crippen molar-refractivity contribution >= 4 is 44.8 Å². The predicted octanol–water partition coefficient (Wildman–Crippen LogP) is 4.60. The quantitative estimate of drug-likeness (QED) is 0.231. The summed E-state index contributed by atoms with van der Waals surface area (Å²) in [7, 11) is -2.56.